The van der Waals surface area contributed by atoms with Crippen LogP contribution in [0.15, 0.2) is 0 Å². The van der Waals surface area contributed by atoms with Crippen molar-refractivity contribution in [2.45, 2.75) is 19.4 Å². The van der Waals surface area contributed by atoms with Crippen LogP contribution < -0.4 is 10.6 Å². The Bertz CT molecular complexity index is 412. The first-order chi connectivity index (χ1) is 9.47. The average molecular weight is 282 g/mol. The Hall–Kier alpha value is -1.63. The van der Waals surface area contributed by atoms with Gasteiger partial charge in [-0.3, -0.25) is 19.3 Å². The van der Waals surface area contributed by atoms with Crippen LogP contribution in [0.25, 0.3) is 0 Å². The Labute approximate surface area is 118 Å². The highest BCUT2D eigenvalue weighted by Gasteiger charge is 2.31. The molecule has 0 aromatic carbocycles. The van der Waals surface area contributed by atoms with E-state index in [1.165, 1.54) is 0 Å². The molecule has 0 aliphatic carbocycles. The van der Waals surface area contributed by atoms with Gasteiger partial charge in [-0.2, -0.15) is 0 Å². The van der Waals surface area contributed by atoms with Gasteiger partial charge in [0, 0.05) is 26.7 Å². The van der Waals surface area contributed by atoms with E-state index in [1.54, 1.807) is 11.9 Å². The van der Waals surface area contributed by atoms with Crippen molar-refractivity contribution < 1.29 is 14.4 Å². The van der Waals surface area contributed by atoms with E-state index in [0.29, 0.717) is 19.6 Å². The lowest BCUT2D eigenvalue weighted by molar-refractivity contribution is -0.137. The van der Waals surface area contributed by atoms with Gasteiger partial charge in [-0.1, -0.05) is 6.92 Å². The van der Waals surface area contributed by atoms with Gasteiger partial charge >= 0.3 is 0 Å². The van der Waals surface area contributed by atoms with E-state index in [-0.39, 0.29) is 36.7 Å². The van der Waals surface area contributed by atoms with Crippen molar-refractivity contribution >= 4 is 17.7 Å². The van der Waals surface area contributed by atoms with E-state index in [0.717, 1.165) is 6.42 Å². The van der Waals surface area contributed by atoms with Gasteiger partial charge in [0.1, 0.15) is 6.04 Å². The zero-order valence-electron chi connectivity index (χ0n) is 12.0. The molecular formula is C13H22N4O3. The maximum absolute atomic E-state index is 12.0. The molecule has 0 aromatic heterocycles. The molecule has 20 heavy (non-hydrogen) atoms. The molecule has 2 aliphatic heterocycles. The number of hydrogen-bond donors (Lipinski definition) is 2. The summed E-state index contributed by atoms with van der Waals surface area (Å²) in [5, 5.41) is 5.53. The third-order valence-corrected chi connectivity index (χ3v) is 3.97. The molecule has 0 aromatic rings. The maximum Gasteiger partial charge on any atom is 0.242 e. The summed E-state index contributed by atoms with van der Waals surface area (Å²) in [6.07, 6.45) is 0.865. The number of nitrogens with one attached hydrogen (secondary N) is 2. The van der Waals surface area contributed by atoms with Crippen LogP contribution in [0.5, 0.6) is 0 Å². The number of carbonyl (C=O) groups excluding carboxylic acids is 3. The van der Waals surface area contributed by atoms with Crippen LogP contribution in [0.3, 0.4) is 0 Å². The Kier molecular flexibility index (Phi) is 4.59. The summed E-state index contributed by atoms with van der Waals surface area (Å²) in [6.45, 7) is 4.36. The smallest absolute Gasteiger partial charge is 0.242 e. The molecule has 7 heteroatoms. The minimum absolute atomic E-state index is 0.0211. The van der Waals surface area contributed by atoms with Crippen molar-refractivity contribution in [3.05, 3.63) is 0 Å². The fourth-order valence-corrected chi connectivity index (χ4v) is 2.53. The number of piperidine rings is 1. The normalized spacial score (nSPS) is 28.2. The second-order valence-corrected chi connectivity index (χ2v) is 5.63. The van der Waals surface area contributed by atoms with Crippen molar-refractivity contribution in [2.75, 3.05) is 39.8 Å². The molecule has 2 atom stereocenters. The zero-order valence-corrected chi connectivity index (χ0v) is 12.0. The molecule has 0 saturated carbocycles. The molecule has 0 spiro atoms. The van der Waals surface area contributed by atoms with Gasteiger partial charge in [-0.05, 0) is 12.3 Å². The van der Waals surface area contributed by atoms with E-state index in [1.807, 2.05) is 11.8 Å². The molecule has 0 radical (unpaired) electrons. The van der Waals surface area contributed by atoms with Gasteiger partial charge in [-0.15, -0.1) is 0 Å². The Morgan fingerprint density at radius 1 is 1.40 bits per heavy atom. The standard InChI is InChI=1S/C13H22N4O3/c1-9-3-4-14-13(20)12(9)15-10(18)7-17-6-5-16(2)11(19)8-17/h9,12H,3-8H2,1-2H3,(H,14,20)(H,15,18). The predicted octanol–water partition coefficient (Wildman–Crippen LogP) is -1.60. The molecule has 7 nitrogen and oxygen atoms in total. The van der Waals surface area contributed by atoms with Crippen LogP contribution in [0.1, 0.15) is 13.3 Å². The van der Waals surface area contributed by atoms with Crippen molar-refractivity contribution in [3.8, 4) is 0 Å². The van der Waals surface area contributed by atoms with E-state index in [4.69, 9.17) is 0 Å². The molecule has 2 N–H and O–H groups in total. The number of hydrogen-bond acceptors (Lipinski definition) is 4. The van der Waals surface area contributed by atoms with Crippen LogP contribution in [-0.4, -0.2) is 73.3 Å². The van der Waals surface area contributed by atoms with Crippen molar-refractivity contribution in [1.82, 2.24) is 20.4 Å². The zero-order chi connectivity index (χ0) is 14.7. The fourth-order valence-electron chi connectivity index (χ4n) is 2.53. The summed E-state index contributed by atoms with van der Waals surface area (Å²) in [5.41, 5.74) is 0. The predicted molar refractivity (Wildman–Crippen MR) is 72.8 cm³/mol. The molecule has 0 bridgehead atoms. The number of carbonyl (C=O) groups is 3. The first-order valence-electron chi connectivity index (χ1n) is 7.01. The highest BCUT2D eigenvalue weighted by Crippen LogP contribution is 2.12. The van der Waals surface area contributed by atoms with Crippen molar-refractivity contribution in [3.63, 3.8) is 0 Å². The maximum atomic E-state index is 12.0. The summed E-state index contributed by atoms with van der Waals surface area (Å²) < 4.78 is 0. The van der Waals surface area contributed by atoms with Crippen LogP contribution in [0.2, 0.25) is 0 Å². The Morgan fingerprint density at radius 3 is 2.80 bits per heavy atom. The largest absolute Gasteiger partial charge is 0.354 e. The fraction of sp³-hybridized carbons (Fsp3) is 0.769. The summed E-state index contributed by atoms with van der Waals surface area (Å²) in [4.78, 5) is 38.8. The third kappa shape index (κ3) is 3.47. The van der Waals surface area contributed by atoms with Crippen LogP contribution >= 0.6 is 0 Å². The number of likely N-dealkylation sites (N-methyl/N-ethyl adjacent to an activating group) is 1. The van der Waals surface area contributed by atoms with E-state index < -0.39 is 6.04 Å². The minimum Gasteiger partial charge on any atom is -0.354 e. The van der Waals surface area contributed by atoms with Crippen LogP contribution in [0, 0.1) is 5.92 Å². The molecule has 2 saturated heterocycles. The molecule has 2 rings (SSSR count). The number of nitrogens with zero attached hydrogens (tertiary/aromatic N) is 2. The lowest BCUT2D eigenvalue weighted by Crippen LogP contribution is -2.57. The second kappa shape index (κ2) is 6.21. The minimum atomic E-state index is -0.459. The summed E-state index contributed by atoms with van der Waals surface area (Å²) in [6, 6.07) is -0.459. The average Bonchev–Trinajstić information content (AvgIpc) is 2.38. The molecule has 3 amide bonds. The lowest BCUT2D eigenvalue weighted by Gasteiger charge is -2.33. The first kappa shape index (κ1) is 14.8. The lowest BCUT2D eigenvalue weighted by atomic mass is 9.94. The highest BCUT2D eigenvalue weighted by atomic mass is 16.2. The van der Waals surface area contributed by atoms with Crippen LogP contribution in [0.4, 0.5) is 0 Å². The summed E-state index contributed by atoms with van der Waals surface area (Å²) >= 11 is 0. The molecule has 2 fully saturated rings. The first-order valence-corrected chi connectivity index (χ1v) is 7.01. The molecule has 2 aliphatic rings. The SMILES string of the molecule is CC1CCNC(=O)C1NC(=O)CN1CCN(C)C(=O)C1. The van der Waals surface area contributed by atoms with E-state index in [9.17, 15) is 14.4 Å². The van der Waals surface area contributed by atoms with Crippen molar-refractivity contribution in [2.24, 2.45) is 5.92 Å². The highest BCUT2D eigenvalue weighted by molar-refractivity contribution is 5.89. The van der Waals surface area contributed by atoms with E-state index in [2.05, 4.69) is 10.6 Å². The third-order valence-electron chi connectivity index (χ3n) is 3.97. The van der Waals surface area contributed by atoms with Crippen LogP contribution in [-0.2, 0) is 14.4 Å². The molecular weight excluding hydrogens is 260 g/mol. The quantitative estimate of drug-likeness (QED) is 0.653. The number of rotatable bonds is 3. The van der Waals surface area contributed by atoms with Gasteiger partial charge in [0.2, 0.25) is 17.7 Å². The van der Waals surface area contributed by atoms with E-state index >= 15 is 0 Å². The Balaban J connectivity index is 1.83. The topological polar surface area (TPSA) is 81.8 Å². The van der Waals surface area contributed by atoms with Gasteiger partial charge in [0.05, 0.1) is 13.1 Å². The summed E-state index contributed by atoms with van der Waals surface area (Å²) in [7, 11) is 1.76. The molecule has 112 valence electrons. The van der Waals surface area contributed by atoms with Gasteiger partial charge in [0.25, 0.3) is 0 Å². The molecule has 2 unspecified atom stereocenters. The van der Waals surface area contributed by atoms with Crippen molar-refractivity contribution in [1.29, 1.82) is 0 Å². The summed E-state index contributed by atoms with van der Waals surface area (Å²) in [5.74, 6) is -0.155. The Morgan fingerprint density at radius 2 is 2.15 bits per heavy atom. The second-order valence-electron chi connectivity index (χ2n) is 5.63. The van der Waals surface area contributed by atoms with Gasteiger partial charge in [-0.25, -0.2) is 0 Å². The number of amides is 3. The van der Waals surface area contributed by atoms with Gasteiger partial charge < -0.3 is 15.5 Å². The van der Waals surface area contributed by atoms with Gasteiger partial charge in [0.15, 0.2) is 0 Å². The number of piperazine rings is 1. The molecule has 2 heterocycles. The monoisotopic (exact) mass is 282 g/mol.